The minimum atomic E-state index is -0.255. The van der Waals surface area contributed by atoms with Crippen LogP contribution in [-0.2, 0) is 6.54 Å². The summed E-state index contributed by atoms with van der Waals surface area (Å²) in [4.78, 5) is 0. The van der Waals surface area contributed by atoms with Gasteiger partial charge in [-0.2, -0.15) is 5.10 Å². The van der Waals surface area contributed by atoms with Crippen LogP contribution in [0.2, 0.25) is 0 Å². The maximum Gasteiger partial charge on any atom is 0.0736 e. The molecule has 0 saturated heterocycles. The van der Waals surface area contributed by atoms with Gasteiger partial charge in [-0.15, -0.1) is 0 Å². The first-order chi connectivity index (χ1) is 5.72. The lowest BCUT2D eigenvalue weighted by Gasteiger charge is -2.08. The molecule has 68 valence electrons. The van der Waals surface area contributed by atoms with Crippen LogP contribution in [0.5, 0.6) is 0 Å². The van der Waals surface area contributed by atoms with Crippen LogP contribution in [0.15, 0.2) is 12.4 Å². The molecule has 0 aliphatic heterocycles. The molecule has 0 saturated carbocycles. The van der Waals surface area contributed by atoms with Gasteiger partial charge < -0.3 is 5.11 Å². The van der Waals surface area contributed by atoms with Crippen LogP contribution in [0.1, 0.15) is 25.3 Å². The van der Waals surface area contributed by atoms with Crippen molar-refractivity contribution in [1.82, 2.24) is 9.78 Å². The van der Waals surface area contributed by atoms with Crippen LogP contribution in [-0.4, -0.2) is 21.0 Å². The van der Waals surface area contributed by atoms with E-state index >= 15 is 0 Å². The Labute approximate surface area is 73.0 Å². The van der Waals surface area contributed by atoms with Gasteiger partial charge in [0.15, 0.2) is 0 Å². The average Bonchev–Trinajstić information content (AvgIpc) is 2.36. The Morgan fingerprint density at radius 3 is 2.92 bits per heavy atom. The van der Waals surface area contributed by atoms with Crippen molar-refractivity contribution in [1.29, 1.82) is 0 Å². The van der Waals surface area contributed by atoms with E-state index in [-0.39, 0.29) is 6.10 Å². The number of hydrogen-bond donors (Lipinski definition) is 1. The van der Waals surface area contributed by atoms with Gasteiger partial charge in [0.25, 0.3) is 0 Å². The van der Waals surface area contributed by atoms with E-state index in [4.69, 9.17) is 0 Å². The smallest absolute Gasteiger partial charge is 0.0736 e. The monoisotopic (exact) mass is 168 g/mol. The van der Waals surface area contributed by atoms with E-state index in [1.54, 1.807) is 10.9 Å². The number of aliphatic hydroxyl groups excluding tert-OH is 1. The molecule has 0 aliphatic carbocycles. The Kier molecular flexibility index (Phi) is 3.29. The molecule has 0 bridgehead atoms. The normalized spacial score (nSPS) is 13.2. The molecule has 3 nitrogen and oxygen atoms in total. The molecule has 12 heavy (non-hydrogen) atoms. The van der Waals surface area contributed by atoms with E-state index in [0.29, 0.717) is 6.54 Å². The maximum atomic E-state index is 9.45. The molecule has 0 amide bonds. The predicted molar refractivity (Wildman–Crippen MR) is 47.9 cm³/mol. The van der Waals surface area contributed by atoms with Gasteiger partial charge in [-0.1, -0.05) is 13.3 Å². The molecule has 1 aromatic rings. The van der Waals surface area contributed by atoms with Gasteiger partial charge in [0.2, 0.25) is 0 Å². The van der Waals surface area contributed by atoms with Crippen molar-refractivity contribution in [3.8, 4) is 0 Å². The standard InChI is InChI=1S/C9H16N2O/c1-3-4-9(12)7-11-6-8(2)5-10-11/h5-6,9,12H,3-4,7H2,1-2H3. The molecule has 1 aromatic heterocycles. The molecule has 1 heterocycles. The SMILES string of the molecule is CCCC(O)Cn1cc(C)cn1. The molecule has 1 rings (SSSR count). The number of nitrogens with zero attached hydrogens (tertiary/aromatic N) is 2. The first-order valence-corrected chi connectivity index (χ1v) is 4.39. The Morgan fingerprint density at radius 1 is 1.67 bits per heavy atom. The van der Waals surface area contributed by atoms with E-state index in [2.05, 4.69) is 12.0 Å². The summed E-state index contributed by atoms with van der Waals surface area (Å²) in [6.07, 6.45) is 5.35. The number of aromatic nitrogens is 2. The highest BCUT2D eigenvalue weighted by molar-refractivity contribution is 4.99. The van der Waals surface area contributed by atoms with E-state index in [9.17, 15) is 5.11 Å². The molecule has 3 heteroatoms. The average molecular weight is 168 g/mol. The summed E-state index contributed by atoms with van der Waals surface area (Å²) in [6, 6.07) is 0. The van der Waals surface area contributed by atoms with Crippen LogP contribution < -0.4 is 0 Å². The third kappa shape index (κ3) is 2.66. The number of rotatable bonds is 4. The molecule has 0 spiro atoms. The largest absolute Gasteiger partial charge is 0.391 e. The van der Waals surface area contributed by atoms with E-state index < -0.39 is 0 Å². The highest BCUT2D eigenvalue weighted by atomic mass is 16.3. The van der Waals surface area contributed by atoms with Crippen molar-refractivity contribution < 1.29 is 5.11 Å². The van der Waals surface area contributed by atoms with Gasteiger partial charge in [-0.05, 0) is 18.9 Å². The minimum Gasteiger partial charge on any atom is -0.391 e. The molecule has 1 N–H and O–H groups in total. The summed E-state index contributed by atoms with van der Waals surface area (Å²) in [6.45, 7) is 4.68. The second-order valence-electron chi connectivity index (χ2n) is 3.18. The van der Waals surface area contributed by atoms with Crippen LogP contribution >= 0.6 is 0 Å². The van der Waals surface area contributed by atoms with Crippen molar-refractivity contribution in [3.63, 3.8) is 0 Å². The van der Waals surface area contributed by atoms with Gasteiger partial charge in [-0.25, -0.2) is 0 Å². The Balaban J connectivity index is 2.41. The van der Waals surface area contributed by atoms with Gasteiger partial charge >= 0.3 is 0 Å². The van der Waals surface area contributed by atoms with Crippen molar-refractivity contribution in [2.24, 2.45) is 0 Å². The lowest BCUT2D eigenvalue weighted by Crippen LogP contribution is -2.15. The fourth-order valence-corrected chi connectivity index (χ4v) is 1.21. The lowest BCUT2D eigenvalue weighted by atomic mass is 10.2. The third-order valence-corrected chi connectivity index (χ3v) is 1.78. The zero-order valence-corrected chi connectivity index (χ0v) is 7.70. The maximum absolute atomic E-state index is 9.45. The van der Waals surface area contributed by atoms with Crippen LogP contribution in [0.3, 0.4) is 0 Å². The van der Waals surface area contributed by atoms with Crippen molar-refractivity contribution in [2.45, 2.75) is 39.3 Å². The molecule has 0 radical (unpaired) electrons. The minimum absolute atomic E-state index is 0.255. The lowest BCUT2D eigenvalue weighted by molar-refractivity contribution is 0.139. The number of hydrogen-bond acceptors (Lipinski definition) is 2. The Hall–Kier alpha value is -0.830. The first-order valence-electron chi connectivity index (χ1n) is 4.39. The fraction of sp³-hybridized carbons (Fsp3) is 0.667. The summed E-state index contributed by atoms with van der Waals surface area (Å²) in [5.41, 5.74) is 1.14. The summed E-state index contributed by atoms with van der Waals surface area (Å²) < 4.78 is 1.79. The van der Waals surface area contributed by atoms with Gasteiger partial charge in [0.05, 0.1) is 18.8 Å². The summed E-state index contributed by atoms with van der Waals surface area (Å²) in [5, 5.41) is 13.5. The molecule has 1 atom stereocenters. The van der Waals surface area contributed by atoms with Crippen molar-refractivity contribution in [2.75, 3.05) is 0 Å². The number of aliphatic hydroxyl groups is 1. The highest BCUT2D eigenvalue weighted by Crippen LogP contribution is 2.01. The van der Waals surface area contributed by atoms with E-state index in [1.807, 2.05) is 13.1 Å². The van der Waals surface area contributed by atoms with Crippen LogP contribution in [0.4, 0.5) is 0 Å². The zero-order valence-electron chi connectivity index (χ0n) is 7.70. The summed E-state index contributed by atoms with van der Waals surface area (Å²) in [7, 11) is 0. The van der Waals surface area contributed by atoms with Gasteiger partial charge in [-0.3, -0.25) is 4.68 Å². The molecule has 1 unspecified atom stereocenters. The molecular formula is C9H16N2O. The highest BCUT2D eigenvalue weighted by Gasteiger charge is 2.03. The van der Waals surface area contributed by atoms with Gasteiger partial charge in [0.1, 0.15) is 0 Å². The second kappa shape index (κ2) is 4.26. The zero-order chi connectivity index (χ0) is 8.97. The van der Waals surface area contributed by atoms with Crippen LogP contribution in [0.25, 0.3) is 0 Å². The predicted octanol–water partition coefficient (Wildman–Crippen LogP) is 1.35. The third-order valence-electron chi connectivity index (χ3n) is 1.78. The molecule has 0 aromatic carbocycles. The Morgan fingerprint density at radius 2 is 2.42 bits per heavy atom. The molecule has 0 fully saturated rings. The van der Waals surface area contributed by atoms with E-state index in [0.717, 1.165) is 18.4 Å². The quantitative estimate of drug-likeness (QED) is 0.737. The van der Waals surface area contributed by atoms with Crippen molar-refractivity contribution >= 4 is 0 Å². The van der Waals surface area contributed by atoms with Gasteiger partial charge in [0, 0.05) is 6.20 Å². The summed E-state index contributed by atoms with van der Waals surface area (Å²) >= 11 is 0. The van der Waals surface area contributed by atoms with Crippen molar-refractivity contribution in [3.05, 3.63) is 18.0 Å². The van der Waals surface area contributed by atoms with E-state index in [1.165, 1.54) is 0 Å². The summed E-state index contributed by atoms with van der Waals surface area (Å²) in [5.74, 6) is 0. The Bertz CT molecular complexity index is 232. The topological polar surface area (TPSA) is 38.0 Å². The molecule has 0 aliphatic rings. The molecular weight excluding hydrogens is 152 g/mol. The first kappa shape index (κ1) is 9.26. The number of aryl methyl sites for hydroxylation is 1. The van der Waals surface area contributed by atoms with Crippen LogP contribution in [0, 0.1) is 6.92 Å². The fourth-order valence-electron chi connectivity index (χ4n) is 1.21. The second-order valence-corrected chi connectivity index (χ2v) is 3.18.